The van der Waals surface area contributed by atoms with E-state index < -0.39 is 5.97 Å². The number of esters is 1. The summed E-state index contributed by atoms with van der Waals surface area (Å²) in [4.78, 5) is 16.8. The summed E-state index contributed by atoms with van der Waals surface area (Å²) in [5.74, 6) is -0.395. The summed E-state index contributed by atoms with van der Waals surface area (Å²) in [5, 5.41) is 0.816. The SMILES string of the molecule is COCc1cccc(-c2nc(C(=O)OC)c(C)s2)c1. The predicted octanol–water partition coefficient (Wildman–Crippen LogP) is 3.05. The van der Waals surface area contributed by atoms with Crippen molar-refractivity contribution in [1.82, 2.24) is 4.98 Å². The molecule has 0 aliphatic carbocycles. The number of carbonyl (C=O) groups excluding carboxylic acids is 1. The van der Waals surface area contributed by atoms with E-state index >= 15 is 0 Å². The van der Waals surface area contributed by atoms with Crippen LogP contribution in [0.3, 0.4) is 0 Å². The minimum Gasteiger partial charge on any atom is -0.464 e. The van der Waals surface area contributed by atoms with Gasteiger partial charge in [0.2, 0.25) is 0 Å². The van der Waals surface area contributed by atoms with Gasteiger partial charge in [-0.1, -0.05) is 18.2 Å². The van der Waals surface area contributed by atoms with Crippen molar-refractivity contribution in [3.05, 3.63) is 40.4 Å². The number of aromatic nitrogens is 1. The van der Waals surface area contributed by atoms with Crippen molar-refractivity contribution in [1.29, 1.82) is 0 Å². The summed E-state index contributed by atoms with van der Waals surface area (Å²) in [7, 11) is 3.02. The van der Waals surface area contributed by atoms with Gasteiger partial charge in [-0.15, -0.1) is 11.3 Å². The topological polar surface area (TPSA) is 48.4 Å². The number of hydrogen-bond donors (Lipinski definition) is 0. The van der Waals surface area contributed by atoms with Crippen LogP contribution in [0.25, 0.3) is 10.6 Å². The largest absolute Gasteiger partial charge is 0.464 e. The molecule has 1 aromatic carbocycles. The molecule has 2 aromatic rings. The molecule has 0 saturated heterocycles. The molecule has 0 unspecified atom stereocenters. The van der Waals surface area contributed by atoms with Crippen LogP contribution >= 0.6 is 11.3 Å². The number of carbonyl (C=O) groups is 1. The third kappa shape index (κ3) is 3.00. The third-order valence-corrected chi connectivity index (χ3v) is 3.68. The molecular formula is C14H15NO3S. The van der Waals surface area contributed by atoms with E-state index in [2.05, 4.69) is 4.98 Å². The fourth-order valence-corrected chi connectivity index (χ4v) is 2.66. The smallest absolute Gasteiger partial charge is 0.357 e. The van der Waals surface area contributed by atoms with Gasteiger partial charge < -0.3 is 9.47 Å². The number of thiazole rings is 1. The summed E-state index contributed by atoms with van der Waals surface area (Å²) in [6, 6.07) is 7.94. The van der Waals surface area contributed by atoms with E-state index in [1.807, 2.05) is 31.2 Å². The predicted molar refractivity (Wildman–Crippen MR) is 74.3 cm³/mol. The number of hydrogen-bond acceptors (Lipinski definition) is 5. The fraction of sp³-hybridized carbons (Fsp3) is 0.286. The van der Waals surface area contributed by atoms with Crippen molar-refractivity contribution in [2.45, 2.75) is 13.5 Å². The van der Waals surface area contributed by atoms with Gasteiger partial charge in [0.05, 0.1) is 13.7 Å². The first-order valence-corrected chi connectivity index (χ1v) is 6.61. The van der Waals surface area contributed by atoms with E-state index in [0.717, 1.165) is 21.0 Å². The highest BCUT2D eigenvalue weighted by Gasteiger charge is 2.16. The summed E-state index contributed by atoms with van der Waals surface area (Å²) in [6.45, 7) is 2.43. The highest BCUT2D eigenvalue weighted by molar-refractivity contribution is 7.15. The molecule has 5 heteroatoms. The van der Waals surface area contributed by atoms with E-state index in [9.17, 15) is 4.79 Å². The summed E-state index contributed by atoms with van der Waals surface area (Å²) >= 11 is 1.49. The molecule has 0 spiro atoms. The van der Waals surface area contributed by atoms with Crippen LogP contribution in [0.4, 0.5) is 0 Å². The summed E-state index contributed by atoms with van der Waals surface area (Å²) in [5.41, 5.74) is 2.45. The van der Waals surface area contributed by atoms with Crippen LogP contribution in [0.1, 0.15) is 20.9 Å². The Morgan fingerprint density at radius 2 is 2.16 bits per heavy atom. The third-order valence-electron chi connectivity index (χ3n) is 2.66. The molecule has 0 aliphatic heterocycles. The molecule has 0 atom stereocenters. The van der Waals surface area contributed by atoms with Gasteiger partial charge >= 0.3 is 5.97 Å². The zero-order valence-corrected chi connectivity index (χ0v) is 11.9. The zero-order chi connectivity index (χ0) is 13.8. The van der Waals surface area contributed by atoms with Crippen LogP contribution in [0.5, 0.6) is 0 Å². The summed E-state index contributed by atoms with van der Waals surface area (Å²) in [6.07, 6.45) is 0. The van der Waals surface area contributed by atoms with Gasteiger partial charge in [0, 0.05) is 17.6 Å². The first-order chi connectivity index (χ1) is 9.15. The maximum Gasteiger partial charge on any atom is 0.357 e. The van der Waals surface area contributed by atoms with Gasteiger partial charge in [-0.2, -0.15) is 0 Å². The minimum absolute atomic E-state index is 0.389. The molecule has 0 bridgehead atoms. The Labute approximate surface area is 116 Å². The number of benzene rings is 1. The number of ether oxygens (including phenoxy) is 2. The molecule has 1 aromatic heterocycles. The molecule has 0 fully saturated rings. The van der Waals surface area contributed by atoms with Crippen LogP contribution in [0.15, 0.2) is 24.3 Å². The van der Waals surface area contributed by atoms with Gasteiger partial charge in [0.25, 0.3) is 0 Å². The lowest BCUT2D eigenvalue weighted by Gasteiger charge is -2.01. The molecule has 1 heterocycles. The lowest BCUT2D eigenvalue weighted by molar-refractivity contribution is 0.0594. The molecular weight excluding hydrogens is 262 g/mol. The Kier molecular flexibility index (Phi) is 4.29. The Morgan fingerprint density at radius 3 is 2.84 bits per heavy atom. The van der Waals surface area contributed by atoms with Gasteiger partial charge in [0.1, 0.15) is 5.01 Å². The Bertz CT molecular complexity index is 592. The first kappa shape index (κ1) is 13.7. The second-order valence-electron chi connectivity index (χ2n) is 4.05. The van der Waals surface area contributed by atoms with Crippen LogP contribution in [-0.2, 0) is 16.1 Å². The highest BCUT2D eigenvalue weighted by atomic mass is 32.1. The van der Waals surface area contributed by atoms with Crippen LogP contribution in [-0.4, -0.2) is 25.2 Å². The number of rotatable bonds is 4. The lowest BCUT2D eigenvalue weighted by Crippen LogP contribution is -2.03. The van der Waals surface area contributed by atoms with Crippen molar-refractivity contribution in [3.63, 3.8) is 0 Å². The number of nitrogens with zero attached hydrogens (tertiary/aromatic N) is 1. The van der Waals surface area contributed by atoms with Gasteiger partial charge in [-0.25, -0.2) is 9.78 Å². The average Bonchev–Trinajstić information content (AvgIpc) is 2.81. The van der Waals surface area contributed by atoms with Gasteiger partial charge in [0.15, 0.2) is 5.69 Å². The molecule has 100 valence electrons. The summed E-state index contributed by atoms with van der Waals surface area (Å²) < 4.78 is 9.83. The van der Waals surface area contributed by atoms with Crippen molar-refractivity contribution in [3.8, 4) is 10.6 Å². The first-order valence-electron chi connectivity index (χ1n) is 5.79. The molecule has 0 amide bonds. The Balaban J connectivity index is 2.36. The zero-order valence-electron chi connectivity index (χ0n) is 11.1. The van der Waals surface area contributed by atoms with Crippen LogP contribution in [0, 0.1) is 6.92 Å². The van der Waals surface area contributed by atoms with Crippen molar-refractivity contribution in [2.24, 2.45) is 0 Å². The van der Waals surface area contributed by atoms with Crippen molar-refractivity contribution < 1.29 is 14.3 Å². The number of methoxy groups -OCH3 is 2. The molecule has 4 nitrogen and oxygen atoms in total. The second-order valence-corrected chi connectivity index (χ2v) is 5.25. The monoisotopic (exact) mass is 277 g/mol. The van der Waals surface area contributed by atoms with Crippen LogP contribution in [0.2, 0.25) is 0 Å². The Hall–Kier alpha value is -1.72. The Morgan fingerprint density at radius 1 is 1.37 bits per heavy atom. The van der Waals surface area contributed by atoms with E-state index in [0.29, 0.717) is 12.3 Å². The van der Waals surface area contributed by atoms with Gasteiger partial charge in [-0.05, 0) is 18.6 Å². The molecule has 2 rings (SSSR count). The van der Waals surface area contributed by atoms with Crippen molar-refractivity contribution >= 4 is 17.3 Å². The quantitative estimate of drug-likeness (QED) is 0.806. The fourth-order valence-electron chi connectivity index (χ4n) is 1.77. The average molecular weight is 277 g/mol. The van der Waals surface area contributed by atoms with Crippen molar-refractivity contribution in [2.75, 3.05) is 14.2 Å². The van der Waals surface area contributed by atoms with E-state index in [1.165, 1.54) is 18.4 Å². The highest BCUT2D eigenvalue weighted by Crippen LogP contribution is 2.28. The molecule has 0 radical (unpaired) electrons. The van der Waals surface area contributed by atoms with E-state index in [4.69, 9.17) is 9.47 Å². The second kappa shape index (κ2) is 5.95. The molecule has 0 saturated carbocycles. The standard InChI is InChI=1S/C14H15NO3S/c1-9-12(14(16)18-3)15-13(19-9)11-6-4-5-10(7-11)8-17-2/h4-7H,8H2,1-3H3. The normalized spacial score (nSPS) is 10.5. The van der Waals surface area contributed by atoms with Gasteiger partial charge in [-0.3, -0.25) is 0 Å². The molecule has 0 aliphatic rings. The minimum atomic E-state index is -0.395. The molecule has 0 N–H and O–H groups in total. The number of aryl methyl sites for hydroxylation is 1. The maximum atomic E-state index is 11.6. The van der Waals surface area contributed by atoms with Crippen LogP contribution < -0.4 is 0 Å². The van der Waals surface area contributed by atoms with E-state index in [1.54, 1.807) is 7.11 Å². The lowest BCUT2D eigenvalue weighted by atomic mass is 10.1. The molecule has 19 heavy (non-hydrogen) atoms. The maximum absolute atomic E-state index is 11.6. The van der Waals surface area contributed by atoms with E-state index in [-0.39, 0.29) is 0 Å².